The molecule has 0 aliphatic heterocycles. The van der Waals surface area contributed by atoms with Crippen LogP contribution in [0.15, 0.2) is 146 Å². The van der Waals surface area contributed by atoms with Crippen LogP contribution >= 0.6 is 0 Å². The number of benzene rings is 6. The molecular formula is C48H26BF24N. The quantitative estimate of drug-likeness (QED) is 0.0888. The highest BCUT2D eigenvalue weighted by molar-refractivity contribution is 7.20. The average molecular weight is 1080 g/mol. The molecule has 0 aliphatic rings. The van der Waals surface area contributed by atoms with Gasteiger partial charge in [-0.2, -0.15) is 127 Å². The molecule has 0 saturated heterocycles. The molecule has 0 spiro atoms. The van der Waals surface area contributed by atoms with Gasteiger partial charge in [0.05, 0.1) is 44.5 Å². The Bertz CT molecular complexity index is 2700. The van der Waals surface area contributed by atoms with Crippen LogP contribution in [-0.4, -0.2) is 6.15 Å². The number of fused-ring (bicyclic) bond motifs is 1. The molecule has 394 valence electrons. The number of hydrogen-bond donors (Lipinski definition) is 0. The van der Waals surface area contributed by atoms with Crippen LogP contribution in [0.4, 0.5) is 105 Å². The predicted octanol–water partition coefficient (Wildman–Crippen LogP) is 14.4. The fraction of sp³-hybridized carbons (Fsp3) is 0.188. The first kappa shape index (κ1) is 56.4. The van der Waals surface area contributed by atoms with Crippen LogP contribution in [0.25, 0.3) is 10.8 Å². The van der Waals surface area contributed by atoms with Crippen LogP contribution in [-0.2, 0) is 56.0 Å². The zero-order chi connectivity index (χ0) is 55.4. The molecule has 0 atom stereocenters. The largest absolute Gasteiger partial charge is 0.416 e. The van der Waals surface area contributed by atoms with E-state index >= 15 is 0 Å². The van der Waals surface area contributed by atoms with E-state index in [0.29, 0.717) is 0 Å². The number of pyridine rings is 1. The van der Waals surface area contributed by atoms with Gasteiger partial charge in [-0.05, 0) is 41.1 Å². The molecule has 1 aromatic heterocycles. The van der Waals surface area contributed by atoms with E-state index in [2.05, 4.69) is 71.6 Å². The summed E-state index contributed by atoms with van der Waals surface area (Å²) in [6.45, 7) is 0.922. The molecule has 0 bridgehead atoms. The molecule has 0 radical (unpaired) electrons. The maximum Gasteiger partial charge on any atom is 0.416 e. The van der Waals surface area contributed by atoms with E-state index < -0.39 is 195 Å². The molecule has 26 heteroatoms. The van der Waals surface area contributed by atoms with Gasteiger partial charge in [0.15, 0.2) is 18.9 Å². The minimum atomic E-state index is -6.13. The van der Waals surface area contributed by atoms with Crippen molar-refractivity contribution in [1.29, 1.82) is 0 Å². The van der Waals surface area contributed by atoms with Gasteiger partial charge in [0, 0.05) is 17.7 Å². The second kappa shape index (κ2) is 19.4. The molecule has 1 nitrogen and oxygen atoms in total. The van der Waals surface area contributed by atoms with Crippen molar-refractivity contribution in [2.75, 3.05) is 0 Å². The first-order chi connectivity index (χ1) is 33.7. The lowest BCUT2D eigenvalue weighted by Gasteiger charge is -2.46. The van der Waals surface area contributed by atoms with E-state index in [0.717, 1.165) is 6.54 Å². The van der Waals surface area contributed by atoms with Crippen LogP contribution in [0.2, 0.25) is 0 Å². The van der Waals surface area contributed by atoms with Gasteiger partial charge in [-0.3, -0.25) is 0 Å². The Balaban J connectivity index is 0.000000436. The summed E-state index contributed by atoms with van der Waals surface area (Å²) in [5.41, 5.74) is -28.9. The topological polar surface area (TPSA) is 3.88 Å². The number of alkyl halides is 24. The van der Waals surface area contributed by atoms with Gasteiger partial charge in [-0.15, -0.1) is 0 Å². The molecule has 74 heavy (non-hydrogen) atoms. The second-order valence-corrected chi connectivity index (χ2v) is 16.5. The molecule has 1 heterocycles. The van der Waals surface area contributed by atoms with E-state index in [-0.39, 0.29) is 0 Å². The van der Waals surface area contributed by atoms with Crippen molar-refractivity contribution in [2.45, 2.75) is 56.0 Å². The minimum absolute atomic E-state index is 0.691. The maximum absolute atomic E-state index is 14.2. The maximum atomic E-state index is 14.2. The van der Waals surface area contributed by atoms with E-state index in [1.807, 2.05) is 6.07 Å². The van der Waals surface area contributed by atoms with Gasteiger partial charge < -0.3 is 0 Å². The van der Waals surface area contributed by atoms with Crippen molar-refractivity contribution in [3.05, 3.63) is 196 Å². The van der Waals surface area contributed by atoms with E-state index in [9.17, 15) is 105 Å². The van der Waals surface area contributed by atoms with Crippen LogP contribution in [0.3, 0.4) is 0 Å². The third kappa shape index (κ3) is 12.7. The van der Waals surface area contributed by atoms with Gasteiger partial charge >= 0.3 is 49.4 Å². The lowest BCUT2D eigenvalue weighted by atomic mass is 9.12. The number of rotatable bonds is 6. The van der Waals surface area contributed by atoms with E-state index in [4.69, 9.17) is 0 Å². The van der Waals surface area contributed by atoms with Crippen molar-refractivity contribution in [2.24, 2.45) is 0 Å². The normalized spacial score (nSPS) is 13.5. The van der Waals surface area contributed by atoms with Crippen LogP contribution in [0.1, 0.15) is 50.1 Å². The summed E-state index contributed by atoms with van der Waals surface area (Å²) in [6, 6.07) is 12.5. The van der Waals surface area contributed by atoms with Crippen molar-refractivity contribution in [3.8, 4) is 0 Å². The lowest BCUT2D eigenvalue weighted by Crippen LogP contribution is -2.75. The fourth-order valence-electron chi connectivity index (χ4n) is 8.16. The molecule has 0 fully saturated rings. The molecule has 7 rings (SSSR count). The minimum Gasteiger partial charge on any atom is -0.201 e. The third-order valence-electron chi connectivity index (χ3n) is 11.4. The SMILES string of the molecule is FC(F)(F)c1cc([B-](c2cc(C(F)(F)F)cc(C(F)(F)F)c2)(c2cc(C(F)(F)F)cc(C(F)(F)F)c2)c2cc(C(F)(F)F)cc(C(F)(F)F)c2)cc(C(F)(F)F)c1.c1cc[n+](Cc2ccc3ccccc3c2)cc1. The van der Waals surface area contributed by atoms with Gasteiger partial charge in [0.2, 0.25) is 0 Å². The summed E-state index contributed by atoms with van der Waals surface area (Å²) in [7, 11) is 0. The summed E-state index contributed by atoms with van der Waals surface area (Å²) >= 11 is 0. The summed E-state index contributed by atoms with van der Waals surface area (Å²) in [4.78, 5) is 0. The van der Waals surface area contributed by atoms with E-state index in [1.54, 1.807) is 0 Å². The van der Waals surface area contributed by atoms with Crippen molar-refractivity contribution in [3.63, 3.8) is 0 Å². The Morgan fingerprint density at radius 3 is 0.784 bits per heavy atom. The molecule has 0 amide bonds. The van der Waals surface area contributed by atoms with Gasteiger partial charge in [0.1, 0.15) is 6.15 Å². The van der Waals surface area contributed by atoms with Crippen LogP contribution in [0.5, 0.6) is 0 Å². The molecule has 7 aromatic rings. The molecule has 0 N–H and O–H groups in total. The second-order valence-electron chi connectivity index (χ2n) is 16.5. The first-order valence-corrected chi connectivity index (χ1v) is 20.5. The molecule has 6 aromatic carbocycles. The average Bonchev–Trinajstić information content (AvgIpc) is 3.27. The monoisotopic (exact) mass is 1080 g/mol. The first-order valence-electron chi connectivity index (χ1n) is 20.5. The number of halogens is 24. The smallest absolute Gasteiger partial charge is 0.201 e. The van der Waals surface area contributed by atoms with Crippen LogP contribution in [0, 0.1) is 0 Å². The number of hydrogen-bond acceptors (Lipinski definition) is 0. The number of aromatic nitrogens is 1. The standard InChI is InChI=1S/C32H12BF24.C16H14N/c34-25(35,36)13-1-14(26(37,38)39)6-21(5-13)33(22-7-15(27(40,41)42)2-16(8-22)28(43,44)45,23-9-17(29(46,47)48)3-18(10-23)30(49,50)51)24-11-19(31(52,53)54)4-20(12-24)32(55,56)57;1-4-10-17(11-5-1)13-14-8-9-15-6-2-3-7-16(15)12-14/h1-12H;1-12H,13H2/q-1;+1. The summed E-state index contributed by atoms with van der Waals surface area (Å²) in [5, 5.41) is 2.61. The van der Waals surface area contributed by atoms with Crippen molar-refractivity contribution < 1.29 is 110 Å². The Morgan fingerprint density at radius 1 is 0.270 bits per heavy atom. The van der Waals surface area contributed by atoms with Crippen molar-refractivity contribution in [1.82, 2.24) is 0 Å². The van der Waals surface area contributed by atoms with Crippen molar-refractivity contribution >= 4 is 38.8 Å². The van der Waals surface area contributed by atoms with Crippen LogP contribution < -0.4 is 26.4 Å². The molecule has 0 aliphatic carbocycles. The van der Waals surface area contributed by atoms with Gasteiger partial charge in [-0.25, -0.2) is 4.57 Å². The Morgan fingerprint density at radius 2 is 0.527 bits per heavy atom. The highest BCUT2D eigenvalue weighted by atomic mass is 19.4. The Labute approximate surface area is 400 Å². The highest BCUT2D eigenvalue weighted by Crippen LogP contribution is 2.41. The van der Waals surface area contributed by atoms with Gasteiger partial charge in [-0.1, -0.05) is 91.0 Å². The fourth-order valence-corrected chi connectivity index (χ4v) is 8.16. The third-order valence-corrected chi connectivity index (χ3v) is 11.4. The zero-order valence-corrected chi connectivity index (χ0v) is 36.2. The summed E-state index contributed by atoms with van der Waals surface area (Å²) in [5.74, 6) is 0. The summed E-state index contributed by atoms with van der Waals surface area (Å²) in [6.07, 6.45) is -50.6. The van der Waals surface area contributed by atoms with Gasteiger partial charge in [0.25, 0.3) is 0 Å². The highest BCUT2D eigenvalue weighted by Gasteiger charge is 2.47. The lowest BCUT2D eigenvalue weighted by molar-refractivity contribution is -0.688. The Kier molecular flexibility index (Phi) is 14.8. The summed E-state index contributed by atoms with van der Waals surface area (Å²) < 4.78 is 343. The van der Waals surface area contributed by atoms with E-state index in [1.165, 1.54) is 16.3 Å². The molecule has 0 unspecified atom stereocenters. The Hall–Kier alpha value is -6.89. The molecular weight excluding hydrogens is 1060 g/mol. The predicted molar refractivity (Wildman–Crippen MR) is 220 cm³/mol. The zero-order valence-electron chi connectivity index (χ0n) is 36.2. The number of nitrogens with zero attached hydrogens (tertiary/aromatic N) is 1. The molecule has 0 saturated carbocycles.